The Morgan fingerprint density at radius 3 is 2.25 bits per heavy atom. The molecule has 1 fully saturated rings. The molecule has 0 spiro atoms. The van der Waals surface area contributed by atoms with Crippen LogP contribution in [0.2, 0.25) is 0 Å². The van der Waals surface area contributed by atoms with Gasteiger partial charge in [0.05, 0.1) is 13.2 Å². The van der Waals surface area contributed by atoms with Crippen LogP contribution in [0.4, 0.5) is 13.2 Å². The average molecular weight is 240 g/mol. The molecule has 16 heavy (non-hydrogen) atoms. The first kappa shape index (κ1) is 13.7. The molecule has 1 aliphatic rings. The molecule has 0 amide bonds. The number of aliphatic hydroxyl groups is 1. The van der Waals surface area contributed by atoms with E-state index in [1.807, 2.05) is 0 Å². The molecule has 6 heteroatoms. The Morgan fingerprint density at radius 1 is 1.12 bits per heavy atom. The monoisotopic (exact) mass is 240 g/mol. The quantitative estimate of drug-likeness (QED) is 0.748. The summed E-state index contributed by atoms with van der Waals surface area (Å²) in [6.07, 6.45) is -1.90. The highest BCUT2D eigenvalue weighted by molar-refractivity contribution is 4.70. The number of halogens is 3. The van der Waals surface area contributed by atoms with E-state index in [2.05, 4.69) is 4.90 Å². The van der Waals surface area contributed by atoms with Crippen molar-refractivity contribution in [2.75, 3.05) is 45.9 Å². The van der Waals surface area contributed by atoms with Crippen LogP contribution in [0.15, 0.2) is 0 Å². The maximum absolute atomic E-state index is 12.2. The number of rotatable bonds is 6. The molecule has 0 aromatic heterocycles. The number of nitrogens with zero attached hydrogens (tertiary/aromatic N) is 2. The summed E-state index contributed by atoms with van der Waals surface area (Å²) in [7, 11) is 0. The van der Waals surface area contributed by atoms with Crippen molar-refractivity contribution in [1.82, 2.24) is 9.80 Å². The number of hydrogen-bond donors (Lipinski definition) is 1. The Labute approximate surface area is 93.8 Å². The summed E-state index contributed by atoms with van der Waals surface area (Å²) in [6.45, 7) is 1.94. The molecule has 0 aromatic rings. The maximum atomic E-state index is 12.2. The van der Waals surface area contributed by atoms with Gasteiger partial charge in [-0.05, 0) is 25.9 Å². The van der Waals surface area contributed by atoms with Gasteiger partial charge in [0.25, 0.3) is 0 Å². The summed E-state index contributed by atoms with van der Waals surface area (Å²) in [5.74, 6) is 0. The zero-order valence-corrected chi connectivity index (χ0v) is 9.34. The van der Waals surface area contributed by atoms with Gasteiger partial charge in [0, 0.05) is 19.6 Å². The Balaban J connectivity index is 2.26. The van der Waals surface area contributed by atoms with Crippen molar-refractivity contribution in [3.05, 3.63) is 0 Å². The minimum Gasteiger partial charge on any atom is -0.395 e. The smallest absolute Gasteiger partial charge is 0.395 e. The largest absolute Gasteiger partial charge is 0.401 e. The van der Waals surface area contributed by atoms with Crippen LogP contribution in [0.1, 0.15) is 12.8 Å². The zero-order chi connectivity index (χ0) is 12.0. The van der Waals surface area contributed by atoms with Gasteiger partial charge in [-0.25, -0.2) is 0 Å². The van der Waals surface area contributed by atoms with Gasteiger partial charge >= 0.3 is 6.18 Å². The summed E-state index contributed by atoms with van der Waals surface area (Å²) in [4.78, 5) is 3.43. The maximum Gasteiger partial charge on any atom is 0.401 e. The van der Waals surface area contributed by atoms with E-state index in [1.165, 1.54) is 4.90 Å². The normalized spacial score (nSPS) is 18.6. The van der Waals surface area contributed by atoms with E-state index < -0.39 is 12.7 Å². The van der Waals surface area contributed by atoms with Crippen LogP contribution in [-0.4, -0.2) is 67.0 Å². The van der Waals surface area contributed by atoms with Crippen molar-refractivity contribution in [2.24, 2.45) is 0 Å². The molecule has 0 unspecified atom stereocenters. The number of alkyl halides is 3. The number of aliphatic hydroxyl groups excluding tert-OH is 1. The van der Waals surface area contributed by atoms with Crippen LogP contribution in [-0.2, 0) is 0 Å². The summed E-state index contributed by atoms with van der Waals surface area (Å²) in [5, 5.41) is 8.70. The van der Waals surface area contributed by atoms with Crippen LogP contribution in [0.3, 0.4) is 0 Å². The molecule has 0 saturated carbocycles. The first-order chi connectivity index (χ1) is 7.51. The van der Waals surface area contributed by atoms with Gasteiger partial charge in [-0.15, -0.1) is 0 Å². The summed E-state index contributed by atoms with van der Waals surface area (Å²) >= 11 is 0. The van der Waals surface area contributed by atoms with E-state index in [4.69, 9.17) is 5.11 Å². The fourth-order valence-corrected chi connectivity index (χ4v) is 1.95. The third kappa shape index (κ3) is 5.67. The van der Waals surface area contributed by atoms with Gasteiger partial charge in [0.2, 0.25) is 0 Å². The van der Waals surface area contributed by atoms with Gasteiger partial charge in [-0.3, -0.25) is 4.90 Å². The molecule has 96 valence electrons. The van der Waals surface area contributed by atoms with Crippen LogP contribution in [0.5, 0.6) is 0 Å². The van der Waals surface area contributed by atoms with Crippen LogP contribution < -0.4 is 0 Å². The third-order valence-electron chi connectivity index (χ3n) is 2.75. The lowest BCUT2D eigenvalue weighted by atomic mass is 10.4. The van der Waals surface area contributed by atoms with E-state index in [1.54, 1.807) is 0 Å². The van der Waals surface area contributed by atoms with Crippen molar-refractivity contribution < 1.29 is 18.3 Å². The minimum atomic E-state index is -4.18. The Kier molecular flexibility index (Phi) is 5.51. The Bertz CT molecular complexity index is 193. The fourth-order valence-electron chi connectivity index (χ4n) is 1.95. The molecule has 0 aliphatic carbocycles. The highest BCUT2D eigenvalue weighted by Crippen LogP contribution is 2.16. The van der Waals surface area contributed by atoms with Crippen molar-refractivity contribution in [3.63, 3.8) is 0 Å². The molecule has 1 rings (SSSR count). The van der Waals surface area contributed by atoms with Crippen LogP contribution >= 0.6 is 0 Å². The number of hydrogen-bond acceptors (Lipinski definition) is 3. The van der Waals surface area contributed by atoms with Gasteiger partial charge in [0.15, 0.2) is 0 Å². The Morgan fingerprint density at radius 2 is 1.75 bits per heavy atom. The highest BCUT2D eigenvalue weighted by atomic mass is 19.4. The van der Waals surface area contributed by atoms with E-state index in [9.17, 15) is 13.2 Å². The second-order valence-corrected chi connectivity index (χ2v) is 4.16. The zero-order valence-electron chi connectivity index (χ0n) is 9.34. The van der Waals surface area contributed by atoms with Gasteiger partial charge < -0.3 is 10.0 Å². The fraction of sp³-hybridized carbons (Fsp3) is 1.00. The predicted molar refractivity (Wildman–Crippen MR) is 55.3 cm³/mol. The second-order valence-electron chi connectivity index (χ2n) is 4.16. The van der Waals surface area contributed by atoms with Crippen LogP contribution in [0, 0.1) is 0 Å². The Hall–Kier alpha value is -0.330. The van der Waals surface area contributed by atoms with E-state index in [0.29, 0.717) is 13.1 Å². The van der Waals surface area contributed by atoms with Crippen molar-refractivity contribution in [3.8, 4) is 0 Å². The lowest BCUT2D eigenvalue weighted by Crippen LogP contribution is -2.40. The molecule has 0 bridgehead atoms. The summed E-state index contributed by atoms with van der Waals surface area (Å²) < 4.78 is 36.6. The van der Waals surface area contributed by atoms with Gasteiger partial charge in [-0.2, -0.15) is 13.2 Å². The molecule has 0 atom stereocenters. The van der Waals surface area contributed by atoms with Crippen LogP contribution in [0.25, 0.3) is 0 Å². The highest BCUT2D eigenvalue weighted by Gasteiger charge is 2.30. The second kappa shape index (κ2) is 6.42. The lowest BCUT2D eigenvalue weighted by molar-refractivity contribution is -0.147. The van der Waals surface area contributed by atoms with Crippen molar-refractivity contribution >= 4 is 0 Å². The topological polar surface area (TPSA) is 26.7 Å². The van der Waals surface area contributed by atoms with E-state index >= 15 is 0 Å². The average Bonchev–Trinajstić information content (AvgIpc) is 2.64. The van der Waals surface area contributed by atoms with Crippen molar-refractivity contribution in [1.29, 1.82) is 0 Å². The molecule has 0 aromatic carbocycles. The molecule has 0 radical (unpaired) electrons. The third-order valence-corrected chi connectivity index (χ3v) is 2.75. The lowest BCUT2D eigenvalue weighted by Gasteiger charge is -2.25. The SMILES string of the molecule is OCCN(CCN1CCCC1)CC(F)(F)F. The minimum absolute atomic E-state index is 0.0906. The van der Waals surface area contributed by atoms with E-state index in [0.717, 1.165) is 25.9 Å². The first-order valence-electron chi connectivity index (χ1n) is 5.63. The molecule has 1 N–H and O–H groups in total. The molecule has 1 heterocycles. The van der Waals surface area contributed by atoms with Crippen molar-refractivity contribution in [2.45, 2.75) is 19.0 Å². The molecular formula is C10H19F3N2O. The summed E-state index contributed by atoms with van der Waals surface area (Å²) in [5.41, 5.74) is 0. The molecule has 1 saturated heterocycles. The molecule has 3 nitrogen and oxygen atoms in total. The number of likely N-dealkylation sites (tertiary alicyclic amines) is 1. The molecular weight excluding hydrogens is 221 g/mol. The molecule has 1 aliphatic heterocycles. The summed E-state index contributed by atoms with van der Waals surface area (Å²) in [6, 6.07) is 0. The van der Waals surface area contributed by atoms with Gasteiger partial charge in [-0.1, -0.05) is 0 Å². The first-order valence-corrected chi connectivity index (χ1v) is 5.63. The van der Waals surface area contributed by atoms with Gasteiger partial charge in [0.1, 0.15) is 0 Å². The predicted octanol–water partition coefficient (Wildman–Crippen LogP) is 0.939. The van der Waals surface area contributed by atoms with E-state index in [-0.39, 0.29) is 13.2 Å². The standard InChI is InChI=1S/C10H19F3N2O/c11-10(12,13)9-15(7-8-16)6-5-14-3-1-2-4-14/h16H,1-9H2.